The van der Waals surface area contributed by atoms with E-state index in [0.29, 0.717) is 5.41 Å². The molecular weight excluding hydrogens is 200 g/mol. The van der Waals surface area contributed by atoms with Crippen molar-refractivity contribution >= 4 is 5.91 Å². The maximum absolute atomic E-state index is 11.8. The Kier molecular flexibility index (Phi) is 4.78. The molecule has 16 heavy (non-hydrogen) atoms. The van der Waals surface area contributed by atoms with Crippen LogP contribution in [-0.2, 0) is 4.79 Å². The molecule has 1 saturated carbocycles. The van der Waals surface area contributed by atoms with Gasteiger partial charge < -0.3 is 11.1 Å². The van der Waals surface area contributed by atoms with Gasteiger partial charge in [0.25, 0.3) is 0 Å². The summed E-state index contributed by atoms with van der Waals surface area (Å²) >= 11 is 0. The Bertz CT molecular complexity index is 231. The highest BCUT2D eigenvalue weighted by molar-refractivity contribution is 5.81. The minimum Gasteiger partial charge on any atom is -0.354 e. The van der Waals surface area contributed by atoms with E-state index in [9.17, 15) is 4.79 Å². The van der Waals surface area contributed by atoms with Crippen molar-refractivity contribution in [1.82, 2.24) is 5.32 Å². The van der Waals surface area contributed by atoms with Crippen molar-refractivity contribution in [3.63, 3.8) is 0 Å². The van der Waals surface area contributed by atoms with E-state index in [2.05, 4.69) is 19.2 Å². The fraction of sp³-hybridized carbons (Fsp3) is 0.923. The van der Waals surface area contributed by atoms with Crippen LogP contribution in [0.2, 0.25) is 0 Å². The molecule has 3 heteroatoms. The monoisotopic (exact) mass is 226 g/mol. The number of nitrogens with two attached hydrogens (primary N) is 1. The molecule has 3 nitrogen and oxygen atoms in total. The molecule has 1 rings (SSSR count). The predicted molar refractivity (Wildman–Crippen MR) is 67.0 cm³/mol. The van der Waals surface area contributed by atoms with Gasteiger partial charge in [-0.25, -0.2) is 0 Å². The average Bonchev–Trinajstić information content (AvgIpc) is 2.25. The molecule has 0 heterocycles. The minimum atomic E-state index is -0.348. The summed E-state index contributed by atoms with van der Waals surface area (Å²) in [6.07, 6.45) is 5.92. The second-order valence-electron chi connectivity index (χ2n) is 5.34. The quantitative estimate of drug-likeness (QED) is 0.728. The summed E-state index contributed by atoms with van der Waals surface area (Å²) in [5.41, 5.74) is 6.27. The Balaban J connectivity index is 2.34. The van der Waals surface area contributed by atoms with Gasteiger partial charge in [-0.15, -0.1) is 0 Å². The number of hydrogen-bond donors (Lipinski definition) is 2. The molecule has 0 aromatic carbocycles. The van der Waals surface area contributed by atoms with Gasteiger partial charge in [0.05, 0.1) is 6.04 Å². The lowest BCUT2D eigenvalue weighted by molar-refractivity contribution is -0.124. The van der Waals surface area contributed by atoms with Crippen LogP contribution in [0.4, 0.5) is 0 Å². The van der Waals surface area contributed by atoms with Crippen molar-refractivity contribution in [3.8, 4) is 0 Å². The van der Waals surface area contributed by atoms with E-state index in [-0.39, 0.29) is 17.9 Å². The van der Waals surface area contributed by atoms with Crippen LogP contribution < -0.4 is 11.1 Å². The summed E-state index contributed by atoms with van der Waals surface area (Å²) in [7, 11) is 0. The van der Waals surface area contributed by atoms with Gasteiger partial charge in [-0.2, -0.15) is 0 Å². The Labute approximate surface area is 99.2 Å². The first kappa shape index (κ1) is 13.5. The Morgan fingerprint density at radius 3 is 2.44 bits per heavy atom. The normalized spacial score (nSPS) is 22.0. The summed E-state index contributed by atoms with van der Waals surface area (Å²) in [5, 5.41) is 3.03. The lowest BCUT2D eigenvalue weighted by atomic mass is 9.67. The van der Waals surface area contributed by atoms with Crippen LogP contribution in [-0.4, -0.2) is 18.5 Å². The third kappa shape index (κ3) is 2.97. The molecule has 1 fully saturated rings. The topological polar surface area (TPSA) is 55.1 Å². The number of hydrogen-bond acceptors (Lipinski definition) is 2. The minimum absolute atomic E-state index is 0.0223. The fourth-order valence-corrected chi connectivity index (χ4v) is 2.24. The van der Waals surface area contributed by atoms with E-state index in [4.69, 9.17) is 5.73 Å². The largest absolute Gasteiger partial charge is 0.354 e. The van der Waals surface area contributed by atoms with E-state index in [1.807, 2.05) is 6.92 Å². The van der Waals surface area contributed by atoms with E-state index in [1.165, 1.54) is 19.3 Å². The predicted octanol–water partition coefficient (Wildman–Crippen LogP) is 2.06. The molecule has 0 saturated heterocycles. The van der Waals surface area contributed by atoms with Crippen molar-refractivity contribution in [2.24, 2.45) is 17.1 Å². The maximum Gasteiger partial charge on any atom is 0.237 e. The molecule has 1 amide bonds. The highest BCUT2D eigenvalue weighted by Gasteiger charge is 2.35. The van der Waals surface area contributed by atoms with Crippen molar-refractivity contribution in [2.75, 3.05) is 6.54 Å². The van der Waals surface area contributed by atoms with Gasteiger partial charge in [0, 0.05) is 6.54 Å². The van der Waals surface area contributed by atoms with E-state index in [1.54, 1.807) is 0 Å². The van der Waals surface area contributed by atoms with Gasteiger partial charge in [0.2, 0.25) is 5.91 Å². The zero-order valence-electron chi connectivity index (χ0n) is 10.9. The van der Waals surface area contributed by atoms with Crippen LogP contribution in [0, 0.1) is 11.3 Å². The zero-order valence-corrected chi connectivity index (χ0v) is 10.9. The van der Waals surface area contributed by atoms with Gasteiger partial charge in [0.1, 0.15) is 0 Å². The SMILES string of the molecule is CCC(C)C(N)C(=O)NCC1(CC)CCC1. The molecular formula is C13H26N2O. The summed E-state index contributed by atoms with van der Waals surface area (Å²) in [6, 6.07) is -0.348. The van der Waals surface area contributed by atoms with Gasteiger partial charge in [-0.1, -0.05) is 33.6 Å². The van der Waals surface area contributed by atoms with Gasteiger partial charge in [-0.3, -0.25) is 4.79 Å². The lowest BCUT2D eigenvalue weighted by Gasteiger charge is -2.41. The summed E-state index contributed by atoms with van der Waals surface area (Å²) < 4.78 is 0. The first-order valence-electron chi connectivity index (χ1n) is 6.58. The third-order valence-electron chi connectivity index (χ3n) is 4.36. The van der Waals surface area contributed by atoms with Crippen molar-refractivity contribution in [3.05, 3.63) is 0 Å². The Morgan fingerprint density at radius 2 is 2.06 bits per heavy atom. The fourth-order valence-electron chi connectivity index (χ4n) is 2.24. The molecule has 2 unspecified atom stereocenters. The van der Waals surface area contributed by atoms with Gasteiger partial charge >= 0.3 is 0 Å². The van der Waals surface area contributed by atoms with Crippen LogP contribution in [0.25, 0.3) is 0 Å². The van der Waals surface area contributed by atoms with E-state index < -0.39 is 0 Å². The van der Waals surface area contributed by atoms with Gasteiger partial charge in [0.15, 0.2) is 0 Å². The zero-order chi connectivity index (χ0) is 12.2. The van der Waals surface area contributed by atoms with E-state index in [0.717, 1.165) is 19.4 Å². The molecule has 0 spiro atoms. The van der Waals surface area contributed by atoms with Crippen LogP contribution in [0.15, 0.2) is 0 Å². The molecule has 2 atom stereocenters. The van der Waals surface area contributed by atoms with Crippen LogP contribution >= 0.6 is 0 Å². The molecule has 0 aromatic rings. The Morgan fingerprint density at radius 1 is 1.44 bits per heavy atom. The summed E-state index contributed by atoms with van der Waals surface area (Å²) in [4.78, 5) is 11.8. The van der Waals surface area contributed by atoms with Gasteiger partial charge in [-0.05, 0) is 30.6 Å². The molecule has 3 N–H and O–H groups in total. The number of carbonyl (C=O) groups excluding carboxylic acids is 1. The molecule has 94 valence electrons. The molecule has 0 bridgehead atoms. The Hall–Kier alpha value is -0.570. The number of amides is 1. The maximum atomic E-state index is 11.8. The van der Waals surface area contributed by atoms with Crippen LogP contribution in [0.3, 0.4) is 0 Å². The van der Waals surface area contributed by atoms with Crippen LogP contribution in [0.1, 0.15) is 52.9 Å². The number of carbonyl (C=O) groups is 1. The smallest absolute Gasteiger partial charge is 0.237 e. The lowest BCUT2D eigenvalue weighted by Crippen LogP contribution is -2.49. The molecule has 0 aromatic heterocycles. The second-order valence-corrected chi connectivity index (χ2v) is 5.34. The van der Waals surface area contributed by atoms with E-state index >= 15 is 0 Å². The standard InChI is InChI=1S/C13H26N2O/c1-4-10(3)11(14)12(16)15-9-13(5-2)7-6-8-13/h10-11H,4-9,14H2,1-3H3,(H,15,16). The molecule has 0 radical (unpaired) electrons. The second kappa shape index (κ2) is 5.67. The van der Waals surface area contributed by atoms with Crippen LogP contribution in [0.5, 0.6) is 0 Å². The van der Waals surface area contributed by atoms with Crippen molar-refractivity contribution in [2.45, 2.75) is 58.9 Å². The summed E-state index contributed by atoms with van der Waals surface area (Å²) in [5.74, 6) is 0.285. The van der Waals surface area contributed by atoms with Crippen molar-refractivity contribution in [1.29, 1.82) is 0 Å². The first-order chi connectivity index (χ1) is 7.54. The van der Waals surface area contributed by atoms with Crippen molar-refractivity contribution < 1.29 is 4.79 Å². The number of nitrogens with one attached hydrogen (secondary N) is 1. The molecule has 1 aliphatic carbocycles. The summed E-state index contributed by atoms with van der Waals surface area (Å²) in [6.45, 7) is 7.12. The molecule has 0 aliphatic heterocycles. The number of rotatable bonds is 6. The average molecular weight is 226 g/mol. The highest BCUT2D eigenvalue weighted by Crippen LogP contribution is 2.43. The third-order valence-corrected chi connectivity index (χ3v) is 4.36. The first-order valence-corrected chi connectivity index (χ1v) is 6.58. The molecule has 1 aliphatic rings. The highest BCUT2D eigenvalue weighted by atomic mass is 16.2.